The molecule has 9 heteroatoms. The number of ether oxygens (including phenoxy) is 1. The number of halogens is 1. The Morgan fingerprint density at radius 1 is 0.971 bits per heavy atom. The van der Waals surface area contributed by atoms with Crippen molar-refractivity contribution in [2.75, 3.05) is 4.72 Å². The summed E-state index contributed by atoms with van der Waals surface area (Å²) >= 11 is 0. The standard InChI is InChI=1S/C26H19FN2O5S/c27-25-11-18(15-28)1-4-21(25)16-34-23-9-5-20-14-24(10-6-19(20)13-23)35(32,33)29-22-7-2-17(3-8-22)12-26(30)31/h1-11,13-14,29H,12,16H2,(H,30,31). The van der Waals surface area contributed by atoms with Crippen LogP contribution in [0, 0.1) is 17.1 Å². The third kappa shape index (κ3) is 5.75. The topological polar surface area (TPSA) is 116 Å². The molecule has 0 heterocycles. The molecular weight excluding hydrogens is 471 g/mol. The highest BCUT2D eigenvalue weighted by Gasteiger charge is 2.15. The highest BCUT2D eigenvalue weighted by atomic mass is 32.2. The number of nitrogens with zero attached hydrogens (tertiary/aromatic N) is 1. The van der Waals surface area contributed by atoms with E-state index in [4.69, 9.17) is 15.1 Å². The molecule has 4 rings (SSSR count). The van der Waals surface area contributed by atoms with Gasteiger partial charge >= 0.3 is 5.97 Å². The highest BCUT2D eigenvalue weighted by molar-refractivity contribution is 7.92. The summed E-state index contributed by atoms with van der Waals surface area (Å²) in [6.07, 6.45) is -0.147. The van der Waals surface area contributed by atoms with E-state index in [9.17, 15) is 17.6 Å². The lowest BCUT2D eigenvalue weighted by Crippen LogP contribution is -2.13. The van der Waals surface area contributed by atoms with Gasteiger partial charge in [-0.15, -0.1) is 0 Å². The number of rotatable bonds is 8. The zero-order valence-corrected chi connectivity index (χ0v) is 19.0. The molecule has 0 aliphatic rings. The Hall–Kier alpha value is -4.42. The van der Waals surface area contributed by atoms with Crippen molar-refractivity contribution < 1.29 is 27.4 Å². The van der Waals surface area contributed by atoms with E-state index in [-0.39, 0.29) is 23.5 Å². The van der Waals surface area contributed by atoms with Crippen molar-refractivity contribution in [2.45, 2.75) is 17.9 Å². The van der Waals surface area contributed by atoms with Crippen LogP contribution in [0.25, 0.3) is 10.8 Å². The maximum Gasteiger partial charge on any atom is 0.307 e. The molecule has 4 aromatic carbocycles. The molecule has 0 bridgehead atoms. The third-order valence-corrected chi connectivity index (χ3v) is 6.61. The minimum atomic E-state index is -3.87. The Kier molecular flexibility index (Phi) is 6.66. The van der Waals surface area contributed by atoms with E-state index in [1.54, 1.807) is 36.4 Å². The fourth-order valence-corrected chi connectivity index (χ4v) is 4.53. The van der Waals surface area contributed by atoms with Gasteiger partial charge in [0.2, 0.25) is 0 Å². The second-order valence-electron chi connectivity index (χ2n) is 7.75. The van der Waals surface area contributed by atoms with Crippen molar-refractivity contribution >= 4 is 32.5 Å². The van der Waals surface area contributed by atoms with Gasteiger partial charge in [0, 0.05) is 11.3 Å². The molecule has 0 aromatic heterocycles. The Bertz CT molecular complexity index is 1560. The first kappa shape index (κ1) is 23.7. The molecule has 0 aliphatic carbocycles. The number of carbonyl (C=O) groups is 1. The molecule has 0 saturated heterocycles. The summed E-state index contributed by atoms with van der Waals surface area (Å²) in [6.45, 7) is -0.0231. The van der Waals surface area contributed by atoms with Crippen molar-refractivity contribution in [3.8, 4) is 11.8 Å². The van der Waals surface area contributed by atoms with Crippen LogP contribution < -0.4 is 9.46 Å². The minimum absolute atomic E-state index is 0.0231. The van der Waals surface area contributed by atoms with E-state index in [2.05, 4.69) is 4.72 Å². The molecule has 0 unspecified atom stereocenters. The average molecular weight is 491 g/mol. The van der Waals surface area contributed by atoms with E-state index in [0.717, 1.165) is 11.5 Å². The van der Waals surface area contributed by atoms with E-state index in [1.807, 2.05) is 6.07 Å². The van der Waals surface area contributed by atoms with Crippen LogP contribution in [0.2, 0.25) is 0 Å². The first-order chi connectivity index (χ1) is 16.7. The highest BCUT2D eigenvalue weighted by Crippen LogP contribution is 2.26. The number of nitrogens with one attached hydrogen (secondary N) is 1. The molecule has 0 spiro atoms. The second kappa shape index (κ2) is 9.83. The molecule has 7 nitrogen and oxygen atoms in total. The van der Waals surface area contributed by atoms with Gasteiger partial charge in [0.15, 0.2) is 0 Å². The number of aliphatic carboxylic acids is 1. The van der Waals surface area contributed by atoms with Crippen LogP contribution in [-0.4, -0.2) is 19.5 Å². The van der Waals surface area contributed by atoms with Crippen LogP contribution in [0.4, 0.5) is 10.1 Å². The van der Waals surface area contributed by atoms with Crippen LogP contribution in [0.3, 0.4) is 0 Å². The van der Waals surface area contributed by atoms with Crippen LogP contribution in [0.15, 0.2) is 83.8 Å². The zero-order chi connectivity index (χ0) is 25.0. The van der Waals surface area contributed by atoms with Gasteiger partial charge in [0.1, 0.15) is 18.2 Å². The van der Waals surface area contributed by atoms with Crippen molar-refractivity contribution in [2.24, 2.45) is 0 Å². The number of carboxylic acids is 1. The number of anilines is 1. The summed E-state index contributed by atoms with van der Waals surface area (Å²) in [6, 6.07) is 21.9. The first-order valence-corrected chi connectivity index (χ1v) is 11.9. The van der Waals surface area contributed by atoms with Crippen molar-refractivity contribution in [1.82, 2.24) is 0 Å². The molecule has 0 saturated carbocycles. The van der Waals surface area contributed by atoms with E-state index in [1.165, 1.54) is 36.4 Å². The average Bonchev–Trinajstić information content (AvgIpc) is 2.83. The van der Waals surface area contributed by atoms with Crippen molar-refractivity contribution in [3.63, 3.8) is 0 Å². The molecule has 0 aliphatic heterocycles. The Morgan fingerprint density at radius 3 is 2.37 bits per heavy atom. The fourth-order valence-electron chi connectivity index (χ4n) is 3.43. The molecule has 0 amide bonds. The monoisotopic (exact) mass is 490 g/mol. The third-order valence-electron chi connectivity index (χ3n) is 5.23. The van der Waals surface area contributed by atoms with Gasteiger partial charge in [-0.2, -0.15) is 5.26 Å². The minimum Gasteiger partial charge on any atom is -0.489 e. The van der Waals surface area contributed by atoms with Gasteiger partial charge in [-0.3, -0.25) is 9.52 Å². The smallest absolute Gasteiger partial charge is 0.307 e. The van der Waals surface area contributed by atoms with Crippen LogP contribution in [0.5, 0.6) is 5.75 Å². The Labute approximate surface area is 201 Å². The van der Waals surface area contributed by atoms with Gasteiger partial charge in [-0.1, -0.05) is 30.3 Å². The number of nitriles is 1. The Morgan fingerprint density at radius 2 is 1.69 bits per heavy atom. The van der Waals surface area contributed by atoms with E-state index in [0.29, 0.717) is 28.0 Å². The molecule has 176 valence electrons. The van der Waals surface area contributed by atoms with E-state index < -0.39 is 21.8 Å². The van der Waals surface area contributed by atoms with Crippen LogP contribution in [-0.2, 0) is 27.8 Å². The molecule has 2 N–H and O–H groups in total. The van der Waals surface area contributed by atoms with E-state index >= 15 is 0 Å². The fraction of sp³-hybridized carbons (Fsp3) is 0.0769. The maximum atomic E-state index is 14.1. The summed E-state index contributed by atoms with van der Waals surface area (Å²) in [7, 11) is -3.87. The van der Waals surface area contributed by atoms with Crippen LogP contribution >= 0.6 is 0 Å². The van der Waals surface area contributed by atoms with Gasteiger partial charge in [0.25, 0.3) is 10.0 Å². The van der Waals surface area contributed by atoms with Crippen molar-refractivity contribution in [3.05, 3.63) is 101 Å². The van der Waals surface area contributed by atoms with Gasteiger partial charge < -0.3 is 9.84 Å². The number of fused-ring (bicyclic) bond motifs is 1. The quantitative estimate of drug-likeness (QED) is 0.364. The second-order valence-corrected chi connectivity index (χ2v) is 9.43. The number of hydrogen-bond acceptors (Lipinski definition) is 5. The van der Waals surface area contributed by atoms with Gasteiger partial charge in [-0.05, 0) is 64.9 Å². The summed E-state index contributed by atoms with van der Waals surface area (Å²) in [5.41, 5.74) is 1.42. The largest absolute Gasteiger partial charge is 0.489 e. The SMILES string of the molecule is N#Cc1ccc(COc2ccc3cc(S(=O)(=O)Nc4ccc(CC(=O)O)cc4)ccc3c2)c(F)c1. The zero-order valence-electron chi connectivity index (χ0n) is 18.2. The number of sulfonamides is 1. The maximum absolute atomic E-state index is 14.1. The lowest BCUT2D eigenvalue weighted by atomic mass is 10.1. The normalized spacial score (nSPS) is 11.1. The lowest BCUT2D eigenvalue weighted by molar-refractivity contribution is -0.136. The van der Waals surface area contributed by atoms with Crippen LogP contribution in [0.1, 0.15) is 16.7 Å². The first-order valence-electron chi connectivity index (χ1n) is 10.4. The molecule has 0 radical (unpaired) electrons. The molecule has 35 heavy (non-hydrogen) atoms. The number of hydrogen-bond donors (Lipinski definition) is 2. The number of benzene rings is 4. The molecule has 0 atom stereocenters. The summed E-state index contributed by atoms with van der Waals surface area (Å²) in [5.74, 6) is -1.01. The summed E-state index contributed by atoms with van der Waals surface area (Å²) < 4.78 is 47.9. The van der Waals surface area contributed by atoms with Gasteiger partial charge in [0.05, 0.1) is 22.9 Å². The predicted octanol–water partition coefficient (Wildman–Crippen LogP) is 4.86. The lowest BCUT2D eigenvalue weighted by Gasteiger charge is -2.11. The Balaban J connectivity index is 1.48. The molecule has 4 aromatic rings. The number of carboxylic acid groups (broad SMARTS) is 1. The van der Waals surface area contributed by atoms with Gasteiger partial charge in [-0.25, -0.2) is 12.8 Å². The summed E-state index contributed by atoms with van der Waals surface area (Å²) in [5, 5.41) is 19.1. The molecule has 0 fully saturated rings. The molecular formula is C26H19FN2O5S. The predicted molar refractivity (Wildman–Crippen MR) is 128 cm³/mol. The van der Waals surface area contributed by atoms with Crippen molar-refractivity contribution in [1.29, 1.82) is 5.26 Å². The summed E-state index contributed by atoms with van der Waals surface area (Å²) in [4.78, 5) is 10.9.